The Morgan fingerprint density at radius 1 is 1.45 bits per heavy atom. The van der Waals surface area contributed by atoms with Crippen LogP contribution in [0, 0.1) is 0 Å². The van der Waals surface area contributed by atoms with E-state index in [4.69, 9.17) is 10.5 Å². The quantitative estimate of drug-likeness (QED) is 0.770. The maximum absolute atomic E-state index is 11.0. The predicted octanol–water partition coefficient (Wildman–Crippen LogP) is 1.37. The number of primary amides is 1. The third kappa shape index (κ3) is 4.33. The molecule has 3 N–H and O–H groups in total. The molecular formula is C16H21N3O3. The number of hydrogen-bond acceptors (Lipinski definition) is 4. The lowest BCUT2D eigenvalue weighted by atomic mass is 10.0. The maximum atomic E-state index is 11.0. The second-order valence-electron chi connectivity index (χ2n) is 5.18. The highest BCUT2D eigenvalue weighted by molar-refractivity contribution is 5.90. The predicted molar refractivity (Wildman–Crippen MR) is 82.7 cm³/mol. The lowest BCUT2D eigenvalue weighted by molar-refractivity contribution is 0.0995. The fourth-order valence-electron chi connectivity index (χ4n) is 2.36. The van der Waals surface area contributed by atoms with E-state index in [1.807, 2.05) is 24.3 Å². The number of carbonyl (C=O) groups excluding carboxylic acids is 1. The lowest BCUT2D eigenvalue weighted by Crippen LogP contribution is -2.15. The molecule has 0 bridgehead atoms. The molecule has 0 saturated heterocycles. The number of nitrogens with zero attached hydrogens (tertiary/aromatic N) is 2. The minimum absolute atomic E-state index is 0.209. The zero-order chi connectivity index (χ0) is 15.9. The number of amides is 1. The number of imidazole rings is 1. The lowest BCUT2D eigenvalue weighted by Gasteiger charge is -2.12. The molecule has 2 rings (SSSR count). The Morgan fingerprint density at radius 2 is 2.23 bits per heavy atom. The Morgan fingerprint density at radius 3 is 2.91 bits per heavy atom. The van der Waals surface area contributed by atoms with Crippen LogP contribution in [0.4, 0.5) is 0 Å². The average molecular weight is 303 g/mol. The SMILES string of the molecule is COc1ccccc1CCC[C@H](O)Cn1cnc(C(N)=O)c1. The first-order valence-electron chi connectivity index (χ1n) is 7.21. The van der Waals surface area contributed by atoms with Crippen LogP contribution >= 0.6 is 0 Å². The summed E-state index contributed by atoms with van der Waals surface area (Å²) >= 11 is 0. The molecule has 118 valence electrons. The summed E-state index contributed by atoms with van der Waals surface area (Å²) in [7, 11) is 1.66. The van der Waals surface area contributed by atoms with Crippen molar-refractivity contribution < 1.29 is 14.6 Å². The van der Waals surface area contributed by atoms with E-state index in [0.29, 0.717) is 13.0 Å². The molecule has 0 spiro atoms. The molecule has 0 fully saturated rings. The van der Waals surface area contributed by atoms with Crippen molar-refractivity contribution >= 4 is 5.91 Å². The van der Waals surface area contributed by atoms with Crippen LogP contribution in [0.1, 0.15) is 28.9 Å². The summed E-state index contributed by atoms with van der Waals surface area (Å²) in [4.78, 5) is 14.8. The fourth-order valence-corrected chi connectivity index (χ4v) is 2.36. The molecule has 0 saturated carbocycles. The maximum Gasteiger partial charge on any atom is 0.268 e. The van der Waals surface area contributed by atoms with E-state index >= 15 is 0 Å². The summed E-state index contributed by atoms with van der Waals surface area (Å²) in [6.07, 6.45) is 4.90. The van der Waals surface area contributed by atoms with Gasteiger partial charge in [0.1, 0.15) is 11.4 Å². The van der Waals surface area contributed by atoms with Gasteiger partial charge >= 0.3 is 0 Å². The van der Waals surface area contributed by atoms with Gasteiger partial charge in [0.15, 0.2) is 0 Å². The molecule has 0 unspecified atom stereocenters. The zero-order valence-electron chi connectivity index (χ0n) is 12.6. The molecule has 6 heteroatoms. The van der Waals surface area contributed by atoms with Crippen LogP contribution in [-0.4, -0.2) is 33.8 Å². The van der Waals surface area contributed by atoms with Gasteiger partial charge in [0.2, 0.25) is 0 Å². The standard InChI is InChI=1S/C16H21N3O3/c1-22-15-8-3-2-5-12(15)6-4-7-13(20)9-19-10-14(16(17)21)18-11-19/h2-3,5,8,10-11,13,20H,4,6-7,9H2,1H3,(H2,17,21)/t13-/m0/s1. The minimum atomic E-state index is -0.565. The number of carbonyl (C=O) groups is 1. The molecule has 1 atom stereocenters. The van der Waals surface area contributed by atoms with Crippen LogP contribution in [0.5, 0.6) is 5.75 Å². The molecule has 0 aliphatic carbocycles. The molecule has 1 amide bonds. The Balaban J connectivity index is 1.80. The first-order chi connectivity index (χ1) is 10.6. The number of rotatable bonds is 8. The van der Waals surface area contributed by atoms with E-state index in [2.05, 4.69) is 4.98 Å². The van der Waals surface area contributed by atoms with Gasteiger partial charge < -0.3 is 20.1 Å². The highest BCUT2D eigenvalue weighted by atomic mass is 16.5. The first kappa shape index (κ1) is 16.0. The second kappa shape index (κ2) is 7.61. The van der Waals surface area contributed by atoms with Crippen LogP contribution in [-0.2, 0) is 13.0 Å². The number of benzene rings is 1. The summed E-state index contributed by atoms with van der Waals surface area (Å²) in [6.45, 7) is 0.395. The number of aromatic nitrogens is 2. The smallest absolute Gasteiger partial charge is 0.268 e. The van der Waals surface area contributed by atoms with Crippen molar-refractivity contribution in [1.29, 1.82) is 0 Å². The average Bonchev–Trinajstić information content (AvgIpc) is 2.96. The Kier molecular flexibility index (Phi) is 5.55. The van der Waals surface area contributed by atoms with Crippen molar-refractivity contribution in [2.24, 2.45) is 5.73 Å². The number of nitrogens with two attached hydrogens (primary N) is 1. The van der Waals surface area contributed by atoms with E-state index in [1.165, 1.54) is 6.33 Å². The number of methoxy groups -OCH3 is 1. The molecule has 1 heterocycles. The largest absolute Gasteiger partial charge is 0.496 e. The second-order valence-corrected chi connectivity index (χ2v) is 5.18. The van der Waals surface area contributed by atoms with Gasteiger partial charge in [-0.2, -0.15) is 0 Å². The van der Waals surface area contributed by atoms with Crippen LogP contribution in [0.3, 0.4) is 0 Å². The van der Waals surface area contributed by atoms with E-state index in [1.54, 1.807) is 17.9 Å². The Labute approximate surface area is 129 Å². The Hall–Kier alpha value is -2.34. The van der Waals surface area contributed by atoms with Crippen molar-refractivity contribution in [1.82, 2.24) is 9.55 Å². The number of aliphatic hydroxyl groups excluding tert-OH is 1. The third-order valence-corrected chi connectivity index (χ3v) is 3.48. The molecule has 0 aliphatic heterocycles. The molecule has 1 aromatic carbocycles. The minimum Gasteiger partial charge on any atom is -0.496 e. The van der Waals surface area contributed by atoms with Crippen molar-refractivity contribution in [3.63, 3.8) is 0 Å². The third-order valence-electron chi connectivity index (χ3n) is 3.48. The van der Waals surface area contributed by atoms with Crippen molar-refractivity contribution in [3.8, 4) is 5.75 Å². The van der Waals surface area contributed by atoms with Gasteiger partial charge in [0.05, 0.1) is 19.5 Å². The molecular weight excluding hydrogens is 282 g/mol. The molecule has 0 radical (unpaired) electrons. The van der Waals surface area contributed by atoms with Gasteiger partial charge in [0.25, 0.3) is 5.91 Å². The summed E-state index contributed by atoms with van der Waals surface area (Å²) in [5.74, 6) is 0.308. The van der Waals surface area contributed by atoms with E-state index in [0.717, 1.165) is 24.2 Å². The van der Waals surface area contributed by atoms with Gasteiger partial charge in [-0.1, -0.05) is 18.2 Å². The van der Waals surface area contributed by atoms with Gasteiger partial charge in [-0.15, -0.1) is 0 Å². The summed E-state index contributed by atoms with van der Waals surface area (Å²) in [6, 6.07) is 7.88. The van der Waals surface area contributed by atoms with Gasteiger partial charge in [-0.25, -0.2) is 4.98 Å². The number of hydrogen-bond donors (Lipinski definition) is 2. The monoisotopic (exact) mass is 303 g/mol. The zero-order valence-corrected chi connectivity index (χ0v) is 12.6. The number of para-hydroxylation sites is 1. The first-order valence-corrected chi connectivity index (χ1v) is 7.21. The van der Waals surface area contributed by atoms with Crippen LogP contribution in [0.25, 0.3) is 0 Å². The number of aliphatic hydroxyl groups is 1. The molecule has 6 nitrogen and oxygen atoms in total. The highest BCUT2D eigenvalue weighted by Crippen LogP contribution is 2.19. The highest BCUT2D eigenvalue weighted by Gasteiger charge is 2.09. The topological polar surface area (TPSA) is 90.4 Å². The molecule has 1 aromatic heterocycles. The van der Waals surface area contributed by atoms with Crippen molar-refractivity contribution in [2.75, 3.05) is 7.11 Å². The molecule has 0 aliphatic rings. The van der Waals surface area contributed by atoms with Crippen LogP contribution in [0.2, 0.25) is 0 Å². The number of ether oxygens (including phenoxy) is 1. The normalized spacial score (nSPS) is 12.1. The molecule has 22 heavy (non-hydrogen) atoms. The van der Waals surface area contributed by atoms with Crippen molar-refractivity contribution in [3.05, 3.63) is 48.0 Å². The molecule has 2 aromatic rings. The summed E-state index contributed by atoms with van der Waals surface area (Å²) in [5, 5.41) is 10.1. The fraction of sp³-hybridized carbons (Fsp3) is 0.375. The van der Waals surface area contributed by atoms with Gasteiger partial charge in [-0.3, -0.25) is 4.79 Å². The Bertz CT molecular complexity index is 625. The van der Waals surface area contributed by atoms with Crippen LogP contribution < -0.4 is 10.5 Å². The summed E-state index contributed by atoms with van der Waals surface area (Å²) < 4.78 is 6.98. The van der Waals surface area contributed by atoms with Crippen molar-refractivity contribution in [2.45, 2.75) is 31.9 Å². The number of aryl methyl sites for hydroxylation is 1. The van der Waals surface area contributed by atoms with E-state index < -0.39 is 12.0 Å². The van der Waals surface area contributed by atoms with Gasteiger partial charge in [0, 0.05) is 12.7 Å². The van der Waals surface area contributed by atoms with E-state index in [-0.39, 0.29) is 5.69 Å². The summed E-state index contributed by atoms with van der Waals surface area (Å²) in [5.41, 5.74) is 6.49. The van der Waals surface area contributed by atoms with Gasteiger partial charge in [-0.05, 0) is 30.9 Å². The van der Waals surface area contributed by atoms with E-state index in [9.17, 15) is 9.90 Å². The van der Waals surface area contributed by atoms with Crippen LogP contribution in [0.15, 0.2) is 36.8 Å².